The molecule has 4 nitrogen and oxygen atoms in total. The molecule has 1 aromatic heterocycles. The van der Waals surface area contributed by atoms with Crippen molar-refractivity contribution < 1.29 is 8.42 Å². The number of aromatic nitrogens is 1. The van der Waals surface area contributed by atoms with Crippen LogP contribution in [0.5, 0.6) is 0 Å². The Labute approximate surface area is 369 Å². The first kappa shape index (κ1) is 36.9. The van der Waals surface area contributed by atoms with Crippen molar-refractivity contribution in [3.8, 4) is 27.9 Å². The molecule has 5 aliphatic rings. The topological polar surface area (TPSA) is 42.3 Å². The van der Waals surface area contributed by atoms with Gasteiger partial charge in [0.2, 0.25) is 9.84 Å². The lowest BCUT2D eigenvalue weighted by atomic mass is 9.42. The van der Waals surface area contributed by atoms with Gasteiger partial charge in [0.05, 0.1) is 26.5 Å². The Hall–Kier alpha value is -6.69. The van der Waals surface area contributed by atoms with Gasteiger partial charge in [0, 0.05) is 38.8 Å². The first-order chi connectivity index (χ1) is 31.0. The van der Waals surface area contributed by atoms with Crippen molar-refractivity contribution in [3.05, 3.63) is 205 Å². The van der Waals surface area contributed by atoms with E-state index in [0.29, 0.717) is 21.6 Å². The molecule has 5 heteroatoms. The van der Waals surface area contributed by atoms with Crippen molar-refractivity contribution >= 4 is 48.7 Å². The highest BCUT2D eigenvalue weighted by molar-refractivity contribution is 7.91. The van der Waals surface area contributed by atoms with Crippen LogP contribution in [0.15, 0.2) is 204 Å². The number of fused-ring (bicyclic) bond motifs is 5. The summed E-state index contributed by atoms with van der Waals surface area (Å²) in [5, 5.41) is 2.48. The van der Waals surface area contributed by atoms with Crippen LogP contribution < -0.4 is 4.90 Å². The maximum Gasteiger partial charge on any atom is 0.207 e. The van der Waals surface area contributed by atoms with Crippen molar-refractivity contribution in [1.29, 1.82) is 0 Å². The Bertz CT molecular complexity index is 3300. The molecule has 1 aliphatic heterocycles. The minimum Gasteiger partial charge on any atom is -0.310 e. The van der Waals surface area contributed by atoms with Crippen LogP contribution in [0.2, 0.25) is 0 Å². The van der Waals surface area contributed by atoms with Crippen LogP contribution in [0.3, 0.4) is 0 Å². The van der Waals surface area contributed by atoms with E-state index in [0.717, 1.165) is 68.0 Å². The predicted octanol–water partition coefficient (Wildman–Crippen LogP) is 14.5. The van der Waals surface area contributed by atoms with E-state index >= 15 is 8.42 Å². The van der Waals surface area contributed by atoms with Gasteiger partial charge < -0.3 is 9.47 Å². The second-order valence-corrected chi connectivity index (χ2v) is 20.4. The van der Waals surface area contributed by atoms with E-state index in [4.69, 9.17) is 0 Å². The first-order valence-corrected chi connectivity index (χ1v) is 24.1. The number of hydrogen-bond acceptors (Lipinski definition) is 3. The van der Waals surface area contributed by atoms with Gasteiger partial charge in [0.15, 0.2) is 0 Å². The molecule has 14 rings (SSSR count). The largest absolute Gasteiger partial charge is 0.310 e. The van der Waals surface area contributed by atoms with Crippen LogP contribution in [-0.2, 0) is 15.3 Å². The van der Waals surface area contributed by atoms with Gasteiger partial charge >= 0.3 is 0 Å². The molecule has 4 saturated carbocycles. The van der Waals surface area contributed by atoms with E-state index in [1.807, 2.05) is 24.3 Å². The molecule has 0 N–H and O–H groups in total. The lowest BCUT2D eigenvalue weighted by Crippen LogP contribution is -2.57. The van der Waals surface area contributed by atoms with Gasteiger partial charge in [-0.2, -0.15) is 0 Å². The first-order valence-electron chi connectivity index (χ1n) is 22.6. The lowest BCUT2D eigenvalue weighted by molar-refractivity contribution is -0.0446. The summed E-state index contributed by atoms with van der Waals surface area (Å²) in [6.45, 7) is 0. The maximum absolute atomic E-state index is 15.1. The molecule has 0 saturated heterocycles. The van der Waals surface area contributed by atoms with E-state index in [2.05, 4.69) is 179 Å². The molecular weight excluding hydrogens is 789 g/mol. The molecule has 8 aromatic carbocycles. The van der Waals surface area contributed by atoms with Crippen molar-refractivity contribution in [2.75, 3.05) is 4.90 Å². The number of para-hydroxylation sites is 3. The third-order valence-electron chi connectivity index (χ3n) is 15.4. The van der Waals surface area contributed by atoms with Crippen molar-refractivity contribution in [1.82, 2.24) is 4.57 Å². The minimum atomic E-state index is -3.81. The molecule has 306 valence electrons. The Morgan fingerprint density at radius 2 is 1.05 bits per heavy atom. The third kappa shape index (κ3) is 5.42. The zero-order valence-corrected chi connectivity index (χ0v) is 35.8. The van der Waals surface area contributed by atoms with E-state index in [9.17, 15) is 0 Å². The number of nitrogens with zero attached hydrogens (tertiary/aromatic N) is 2. The fraction of sp³-hybridized carbons (Fsp3) is 0.172. The summed E-state index contributed by atoms with van der Waals surface area (Å²) in [4.78, 5) is 3.25. The molecule has 4 bridgehead atoms. The average Bonchev–Trinajstić information content (AvgIpc) is 3.67. The standard InChI is InChI=1S/C58H46N2O2S/c61-63(62)56-24-11-7-20-51(56)58(43-32-38-31-39(34-43)35-44(58)33-38)52-30-29-47(37-57(52)63)59(53-21-8-4-17-48(53)41-13-2-1-3-14-41)45-27-25-40(26-28-45)42-15-12-16-46(36-42)60-54-22-9-5-18-49(54)50-19-6-10-23-55(50)60/h1-30,36-39,43-44H,31-35H2. The van der Waals surface area contributed by atoms with Crippen LogP contribution in [0.1, 0.15) is 43.2 Å². The molecule has 63 heavy (non-hydrogen) atoms. The number of hydrogen-bond donors (Lipinski definition) is 0. The Balaban J connectivity index is 0.965. The zero-order valence-electron chi connectivity index (χ0n) is 34.9. The van der Waals surface area contributed by atoms with E-state index in [1.165, 1.54) is 53.9 Å². The summed E-state index contributed by atoms with van der Waals surface area (Å²) >= 11 is 0. The number of anilines is 3. The highest BCUT2D eigenvalue weighted by Crippen LogP contribution is 2.68. The second kappa shape index (κ2) is 13.9. The van der Waals surface area contributed by atoms with E-state index in [-0.39, 0.29) is 5.41 Å². The molecule has 0 amide bonds. The van der Waals surface area contributed by atoms with Crippen molar-refractivity contribution in [2.24, 2.45) is 23.7 Å². The van der Waals surface area contributed by atoms with Crippen LogP contribution >= 0.6 is 0 Å². The molecule has 9 aromatic rings. The third-order valence-corrected chi connectivity index (χ3v) is 17.2. The summed E-state index contributed by atoms with van der Waals surface area (Å²) in [7, 11) is -3.81. The summed E-state index contributed by atoms with van der Waals surface area (Å²) in [5.41, 5.74) is 12.4. The normalized spacial score (nSPS) is 22.6. The van der Waals surface area contributed by atoms with Gasteiger partial charge in [-0.25, -0.2) is 8.42 Å². The number of sulfone groups is 1. The van der Waals surface area contributed by atoms with Gasteiger partial charge in [-0.05, 0) is 144 Å². The highest BCUT2D eigenvalue weighted by atomic mass is 32.2. The van der Waals surface area contributed by atoms with Gasteiger partial charge in [-0.1, -0.05) is 133 Å². The maximum atomic E-state index is 15.1. The summed E-state index contributed by atoms with van der Waals surface area (Å²) < 4.78 is 32.5. The molecule has 4 fully saturated rings. The monoisotopic (exact) mass is 834 g/mol. The van der Waals surface area contributed by atoms with E-state index < -0.39 is 9.84 Å². The predicted molar refractivity (Wildman–Crippen MR) is 256 cm³/mol. The van der Waals surface area contributed by atoms with Crippen molar-refractivity contribution in [3.63, 3.8) is 0 Å². The SMILES string of the molecule is O=S1(=O)c2ccccc2C2(c3ccc(N(c4ccc(-c5cccc(-n6c7ccccc7c7ccccc76)c5)cc4)c4ccccc4-c4ccccc4)cc31)C1CC3CC(C1)CC2C3. The van der Waals surface area contributed by atoms with Crippen molar-refractivity contribution in [2.45, 2.75) is 47.3 Å². The van der Waals surface area contributed by atoms with Gasteiger partial charge in [-0.3, -0.25) is 0 Å². The minimum absolute atomic E-state index is 0.286. The van der Waals surface area contributed by atoms with Gasteiger partial charge in [0.25, 0.3) is 0 Å². The molecule has 0 atom stereocenters. The number of rotatable bonds is 6. The zero-order chi connectivity index (χ0) is 41.9. The molecule has 0 unspecified atom stereocenters. The number of benzene rings is 8. The summed E-state index contributed by atoms with van der Waals surface area (Å²) in [5.74, 6) is 2.42. The summed E-state index contributed by atoms with van der Waals surface area (Å²) in [6, 6.07) is 68.3. The average molecular weight is 835 g/mol. The quantitative estimate of drug-likeness (QED) is 0.168. The van der Waals surface area contributed by atoms with Crippen LogP contribution in [-0.4, -0.2) is 13.0 Å². The molecule has 4 aliphatic carbocycles. The molecular formula is C58H46N2O2S. The highest BCUT2D eigenvalue weighted by Gasteiger charge is 2.62. The van der Waals surface area contributed by atoms with E-state index in [1.54, 1.807) is 0 Å². The van der Waals surface area contributed by atoms with Gasteiger partial charge in [0.1, 0.15) is 0 Å². The van der Waals surface area contributed by atoms with Crippen LogP contribution in [0, 0.1) is 23.7 Å². The fourth-order valence-electron chi connectivity index (χ4n) is 13.1. The van der Waals surface area contributed by atoms with Gasteiger partial charge in [-0.15, -0.1) is 0 Å². The summed E-state index contributed by atoms with van der Waals surface area (Å²) in [6.07, 6.45) is 6.09. The van der Waals surface area contributed by atoms with Crippen LogP contribution in [0.4, 0.5) is 17.1 Å². The Kier molecular flexibility index (Phi) is 8.15. The molecule has 1 spiro atoms. The molecule has 2 heterocycles. The smallest absolute Gasteiger partial charge is 0.207 e. The van der Waals surface area contributed by atoms with Crippen LogP contribution in [0.25, 0.3) is 49.7 Å². The fourth-order valence-corrected chi connectivity index (χ4v) is 14.9. The Morgan fingerprint density at radius 1 is 0.460 bits per heavy atom. The second-order valence-electron chi connectivity index (χ2n) is 18.5. The Morgan fingerprint density at radius 3 is 1.78 bits per heavy atom. The molecule has 0 radical (unpaired) electrons. The lowest BCUT2D eigenvalue weighted by Gasteiger charge is -2.63.